The van der Waals surface area contributed by atoms with E-state index in [1.165, 1.54) is 0 Å². The van der Waals surface area contributed by atoms with E-state index in [4.69, 9.17) is 5.11 Å². The van der Waals surface area contributed by atoms with E-state index in [9.17, 15) is 4.79 Å². The predicted molar refractivity (Wildman–Crippen MR) is 49.0 cm³/mol. The molecule has 0 aliphatic rings. The molecule has 0 aliphatic carbocycles. The minimum absolute atomic E-state index is 0.245. The van der Waals surface area contributed by atoms with Crippen molar-refractivity contribution < 1.29 is 9.90 Å². The monoisotopic (exact) mass is 220 g/mol. The van der Waals surface area contributed by atoms with Gasteiger partial charge in [0.25, 0.3) is 0 Å². The molecule has 0 aromatic carbocycles. The predicted octanol–water partition coefficient (Wildman–Crippen LogP) is 2.44. The van der Waals surface area contributed by atoms with Gasteiger partial charge in [0.1, 0.15) is 0 Å². The molecule has 0 fully saturated rings. The van der Waals surface area contributed by atoms with E-state index in [0.29, 0.717) is 6.42 Å². The van der Waals surface area contributed by atoms with Crippen LogP contribution in [0, 0.1) is 5.92 Å². The summed E-state index contributed by atoms with van der Waals surface area (Å²) in [6.45, 7) is 3.52. The summed E-state index contributed by atoms with van der Waals surface area (Å²) in [6.07, 6.45) is 3.87. The maximum atomic E-state index is 10.5. The number of allylic oxidation sites excluding steroid dienone is 1. The molecule has 0 saturated carbocycles. The maximum Gasteiger partial charge on any atom is 0.306 e. The number of alkyl halides is 1. The summed E-state index contributed by atoms with van der Waals surface area (Å²) >= 11 is 3.26. The molecule has 2 nitrogen and oxygen atoms in total. The number of hydrogen-bond donors (Lipinski definition) is 1. The maximum absolute atomic E-state index is 10.5. The van der Waals surface area contributed by atoms with E-state index in [0.717, 1.165) is 18.2 Å². The summed E-state index contributed by atoms with van der Waals surface area (Å²) in [7, 11) is 0. The molecule has 0 aromatic rings. The number of rotatable bonds is 6. The molecule has 11 heavy (non-hydrogen) atoms. The average molecular weight is 221 g/mol. The van der Waals surface area contributed by atoms with Crippen molar-refractivity contribution in [3.05, 3.63) is 12.7 Å². The van der Waals surface area contributed by atoms with Crippen LogP contribution in [0.15, 0.2) is 12.7 Å². The zero-order valence-electron chi connectivity index (χ0n) is 6.42. The van der Waals surface area contributed by atoms with Gasteiger partial charge in [-0.1, -0.05) is 22.0 Å². The molecule has 1 atom stereocenters. The van der Waals surface area contributed by atoms with Gasteiger partial charge in [0.15, 0.2) is 0 Å². The van der Waals surface area contributed by atoms with Crippen molar-refractivity contribution in [2.75, 3.05) is 5.33 Å². The lowest BCUT2D eigenvalue weighted by Gasteiger charge is -2.07. The Hall–Kier alpha value is -0.310. The van der Waals surface area contributed by atoms with Crippen LogP contribution in [-0.2, 0) is 4.79 Å². The molecule has 0 amide bonds. The molecule has 0 radical (unpaired) electrons. The Morgan fingerprint density at radius 1 is 1.73 bits per heavy atom. The molecule has 1 N–H and O–H groups in total. The molecular weight excluding hydrogens is 208 g/mol. The summed E-state index contributed by atoms with van der Waals surface area (Å²) in [5.41, 5.74) is 0. The lowest BCUT2D eigenvalue weighted by molar-refractivity contribution is -0.141. The van der Waals surface area contributed by atoms with Crippen LogP contribution in [-0.4, -0.2) is 16.4 Å². The molecule has 1 unspecified atom stereocenters. The Bertz CT molecular complexity index is 134. The highest BCUT2D eigenvalue weighted by Gasteiger charge is 2.13. The van der Waals surface area contributed by atoms with Gasteiger partial charge in [-0.25, -0.2) is 0 Å². The zero-order chi connectivity index (χ0) is 8.69. The van der Waals surface area contributed by atoms with Crippen LogP contribution >= 0.6 is 15.9 Å². The minimum atomic E-state index is -0.717. The standard InChI is InChI=1S/C8H13BrO2/c1-2-4-7(8(10)11)5-3-6-9/h2,7H,1,3-6H2,(H,10,11). The van der Waals surface area contributed by atoms with Crippen LogP contribution in [0.1, 0.15) is 19.3 Å². The second-order valence-corrected chi connectivity index (χ2v) is 3.18. The van der Waals surface area contributed by atoms with E-state index in [2.05, 4.69) is 22.5 Å². The second-order valence-electron chi connectivity index (χ2n) is 2.39. The van der Waals surface area contributed by atoms with Gasteiger partial charge >= 0.3 is 5.97 Å². The highest BCUT2D eigenvalue weighted by atomic mass is 79.9. The SMILES string of the molecule is C=CCC(CCCBr)C(=O)O. The van der Waals surface area contributed by atoms with Gasteiger partial charge in [-0.3, -0.25) is 4.79 Å². The molecule has 0 aliphatic heterocycles. The van der Waals surface area contributed by atoms with Gasteiger partial charge in [-0.2, -0.15) is 0 Å². The molecule has 0 saturated heterocycles. The third-order valence-electron chi connectivity index (χ3n) is 1.49. The Morgan fingerprint density at radius 2 is 2.36 bits per heavy atom. The Labute approximate surface area is 75.4 Å². The van der Waals surface area contributed by atoms with Crippen molar-refractivity contribution in [3.63, 3.8) is 0 Å². The fourth-order valence-electron chi connectivity index (χ4n) is 0.867. The van der Waals surface area contributed by atoms with Crippen molar-refractivity contribution in [2.24, 2.45) is 5.92 Å². The van der Waals surface area contributed by atoms with Gasteiger partial charge in [0, 0.05) is 5.33 Å². The summed E-state index contributed by atoms with van der Waals surface area (Å²) in [4.78, 5) is 10.5. The largest absolute Gasteiger partial charge is 0.481 e. The minimum Gasteiger partial charge on any atom is -0.481 e. The number of carboxylic acids is 1. The molecule has 64 valence electrons. The van der Waals surface area contributed by atoms with Crippen molar-refractivity contribution in [3.8, 4) is 0 Å². The van der Waals surface area contributed by atoms with Gasteiger partial charge in [-0.05, 0) is 19.3 Å². The van der Waals surface area contributed by atoms with Gasteiger partial charge in [-0.15, -0.1) is 6.58 Å². The number of hydrogen-bond acceptors (Lipinski definition) is 1. The normalized spacial score (nSPS) is 12.5. The molecule has 0 aromatic heterocycles. The molecule has 0 rings (SSSR count). The van der Waals surface area contributed by atoms with E-state index in [1.807, 2.05) is 0 Å². The van der Waals surface area contributed by atoms with Crippen molar-refractivity contribution in [1.29, 1.82) is 0 Å². The number of aliphatic carboxylic acids is 1. The molecule has 0 heterocycles. The first kappa shape index (κ1) is 10.7. The third kappa shape index (κ3) is 5.01. The lowest BCUT2D eigenvalue weighted by Crippen LogP contribution is -2.12. The van der Waals surface area contributed by atoms with E-state index >= 15 is 0 Å². The fraction of sp³-hybridized carbons (Fsp3) is 0.625. The topological polar surface area (TPSA) is 37.3 Å². The fourth-order valence-corrected chi connectivity index (χ4v) is 1.19. The first-order chi connectivity index (χ1) is 5.22. The second kappa shape index (κ2) is 6.40. The summed E-state index contributed by atoms with van der Waals surface area (Å²) in [5.74, 6) is -0.962. The number of carboxylic acid groups (broad SMARTS) is 1. The summed E-state index contributed by atoms with van der Waals surface area (Å²) in [6, 6.07) is 0. The average Bonchev–Trinajstić information content (AvgIpc) is 1.97. The summed E-state index contributed by atoms with van der Waals surface area (Å²) < 4.78 is 0. The lowest BCUT2D eigenvalue weighted by atomic mass is 10.0. The van der Waals surface area contributed by atoms with E-state index in [1.54, 1.807) is 6.08 Å². The van der Waals surface area contributed by atoms with Crippen molar-refractivity contribution in [1.82, 2.24) is 0 Å². The molecule has 3 heteroatoms. The summed E-state index contributed by atoms with van der Waals surface area (Å²) in [5, 5.41) is 9.54. The van der Waals surface area contributed by atoms with Gasteiger partial charge < -0.3 is 5.11 Å². The van der Waals surface area contributed by atoms with Gasteiger partial charge in [0.2, 0.25) is 0 Å². The van der Waals surface area contributed by atoms with Crippen molar-refractivity contribution in [2.45, 2.75) is 19.3 Å². The molecular formula is C8H13BrO2. The van der Waals surface area contributed by atoms with Crippen molar-refractivity contribution >= 4 is 21.9 Å². The van der Waals surface area contributed by atoms with Crippen LogP contribution in [0.2, 0.25) is 0 Å². The first-order valence-corrected chi connectivity index (χ1v) is 4.74. The highest BCUT2D eigenvalue weighted by Crippen LogP contribution is 2.12. The van der Waals surface area contributed by atoms with Crippen LogP contribution in [0.25, 0.3) is 0 Å². The zero-order valence-corrected chi connectivity index (χ0v) is 8.01. The molecule has 0 spiro atoms. The Kier molecular flexibility index (Phi) is 6.22. The van der Waals surface area contributed by atoms with Gasteiger partial charge in [0.05, 0.1) is 5.92 Å². The van der Waals surface area contributed by atoms with Crippen LogP contribution < -0.4 is 0 Å². The smallest absolute Gasteiger partial charge is 0.306 e. The van der Waals surface area contributed by atoms with Crippen LogP contribution in [0.5, 0.6) is 0 Å². The highest BCUT2D eigenvalue weighted by molar-refractivity contribution is 9.09. The third-order valence-corrected chi connectivity index (χ3v) is 2.05. The van der Waals surface area contributed by atoms with E-state index in [-0.39, 0.29) is 5.92 Å². The Balaban J connectivity index is 3.69. The van der Waals surface area contributed by atoms with E-state index < -0.39 is 5.97 Å². The first-order valence-electron chi connectivity index (χ1n) is 3.62. The quantitative estimate of drug-likeness (QED) is 0.552. The van der Waals surface area contributed by atoms with Crippen LogP contribution in [0.3, 0.4) is 0 Å². The number of halogens is 1. The number of carbonyl (C=O) groups is 1. The Morgan fingerprint density at radius 3 is 2.73 bits per heavy atom. The molecule has 0 bridgehead atoms. The van der Waals surface area contributed by atoms with Crippen LogP contribution in [0.4, 0.5) is 0 Å².